The SMILES string of the molecule is Cc1cc(C(=O)CC2CC2)cc(C)c1Br. The van der Waals surface area contributed by atoms with Crippen molar-refractivity contribution < 1.29 is 4.79 Å². The van der Waals surface area contributed by atoms with Crippen molar-refractivity contribution in [3.05, 3.63) is 33.3 Å². The lowest BCUT2D eigenvalue weighted by atomic mass is 10.0. The number of hydrogen-bond acceptors (Lipinski definition) is 1. The summed E-state index contributed by atoms with van der Waals surface area (Å²) in [5.74, 6) is 0.970. The Morgan fingerprint density at radius 2 is 1.87 bits per heavy atom. The Morgan fingerprint density at radius 3 is 2.33 bits per heavy atom. The molecule has 0 spiro atoms. The van der Waals surface area contributed by atoms with Crippen molar-refractivity contribution in [3.63, 3.8) is 0 Å². The number of Topliss-reactive ketones (excluding diaryl/α,β-unsaturated/α-hetero) is 1. The monoisotopic (exact) mass is 266 g/mol. The molecule has 0 heterocycles. The van der Waals surface area contributed by atoms with Gasteiger partial charge in [-0.25, -0.2) is 0 Å². The van der Waals surface area contributed by atoms with Crippen molar-refractivity contribution in [2.75, 3.05) is 0 Å². The molecule has 1 aliphatic carbocycles. The van der Waals surface area contributed by atoms with Gasteiger partial charge in [-0.2, -0.15) is 0 Å². The van der Waals surface area contributed by atoms with E-state index in [9.17, 15) is 4.79 Å². The van der Waals surface area contributed by atoms with Crippen LogP contribution >= 0.6 is 15.9 Å². The maximum Gasteiger partial charge on any atom is 0.163 e. The van der Waals surface area contributed by atoms with E-state index in [0.717, 1.165) is 27.6 Å². The van der Waals surface area contributed by atoms with E-state index in [1.165, 1.54) is 12.8 Å². The zero-order chi connectivity index (χ0) is 11.0. The maximum absolute atomic E-state index is 11.9. The fourth-order valence-corrected chi connectivity index (χ4v) is 2.04. The molecule has 0 aliphatic heterocycles. The molecule has 80 valence electrons. The second kappa shape index (κ2) is 4.09. The van der Waals surface area contributed by atoms with Crippen LogP contribution in [0, 0.1) is 19.8 Å². The van der Waals surface area contributed by atoms with Crippen LogP contribution in [0.2, 0.25) is 0 Å². The number of hydrogen-bond donors (Lipinski definition) is 0. The number of halogens is 1. The summed E-state index contributed by atoms with van der Waals surface area (Å²) in [6.07, 6.45) is 3.21. The van der Waals surface area contributed by atoms with Crippen LogP contribution in [0.3, 0.4) is 0 Å². The van der Waals surface area contributed by atoms with Crippen LogP contribution in [0.5, 0.6) is 0 Å². The fraction of sp³-hybridized carbons (Fsp3) is 0.462. The number of ketones is 1. The van der Waals surface area contributed by atoms with Gasteiger partial charge in [-0.3, -0.25) is 4.79 Å². The third-order valence-corrected chi connectivity index (χ3v) is 4.18. The van der Waals surface area contributed by atoms with Gasteiger partial charge in [0.1, 0.15) is 0 Å². The average Bonchev–Trinajstić information content (AvgIpc) is 2.97. The first-order valence-corrected chi connectivity index (χ1v) is 6.17. The minimum absolute atomic E-state index is 0.302. The molecule has 0 unspecified atom stereocenters. The molecular weight excluding hydrogens is 252 g/mol. The largest absolute Gasteiger partial charge is 0.294 e. The summed E-state index contributed by atoms with van der Waals surface area (Å²) in [4.78, 5) is 11.9. The van der Waals surface area contributed by atoms with E-state index in [4.69, 9.17) is 0 Å². The van der Waals surface area contributed by atoms with E-state index in [1.807, 2.05) is 26.0 Å². The van der Waals surface area contributed by atoms with Crippen molar-refractivity contribution in [3.8, 4) is 0 Å². The van der Waals surface area contributed by atoms with Gasteiger partial charge in [0, 0.05) is 16.5 Å². The Hall–Kier alpha value is -0.630. The Morgan fingerprint density at radius 1 is 1.33 bits per heavy atom. The van der Waals surface area contributed by atoms with Crippen LogP contribution in [-0.2, 0) is 0 Å². The predicted octanol–water partition coefficient (Wildman–Crippen LogP) is 4.05. The van der Waals surface area contributed by atoms with Gasteiger partial charge in [-0.15, -0.1) is 0 Å². The topological polar surface area (TPSA) is 17.1 Å². The molecule has 2 heteroatoms. The molecule has 1 nitrogen and oxygen atoms in total. The van der Waals surface area contributed by atoms with Gasteiger partial charge in [-0.1, -0.05) is 15.9 Å². The molecule has 2 rings (SSSR count). The van der Waals surface area contributed by atoms with E-state index >= 15 is 0 Å². The number of aryl methyl sites for hydroxylation is 2. The highest BCUT2D eigenvalue weighted by molar-refractivity contribution is 9.10. The minimum atomic E-state index is 0.302. The van der Waals surface area contributed by atoms with Crippen LogP contribution in [0.15, 0.2) is 16.6 Å². The summed E-state index contributed by atoms with van der Waals surface area (Å²) in [7, 11) is 0. The van der Waals surface area contributed by atoms with E-state index in [2.05, 4.69) is 15.9 Å². The lowest BCUT2D eigenvalue weighted by molar-refractivity contribution is 0.0976. The summed E-state index contributed by atoms with van der Waals surface area (Å²) in [5, 5.41) is 0. The summed E-state index contributed by atoms with van der Waals surface area (Å²) < 4.78 is 1.12. The second-order valence-corrected chi connectivity index (χ2v) is 5.29. The molecule has 1 aromatic rings. The first kappa shape index (κ1) is 10.9. The van der Waals surface area contributed by atoms with Crippen LogP contribution in [0.1, 0.15) is 40.7 Å². The number of rotatable bonds is 3. The first-order valence-electron chi connectivity index (χ1n) is 5.38. The summed E-state index contributed by atoms with van der Waals surface area (Å²) >= 11 is 3.51. The quantitative estimate of drug-likeness (QED) is 0.755. The fourth-order valence-electron chi connectivity index (χ4n) is 1.81. The van der Waals surface area contributed by atoms with Crippen LogP contribution in [-0.4, -0.2) is 5.78 Å². The molecule has 15 heavy (non-hydrogen) atoms. The Balaban J connectivity index is 2.23. The number of benzene rings is 1. The molecule has 0 aromatic heterocycles. The van der Waals surface area contributed by atoms with Gasteiger partial charge < -0.3 is 0 Å². The van der Waals surface area contributed by atoms with Gasteiger partial charge in [0.25, 0.3) is 0 Å². The van der Waals surface area contributed by atoms with E-state index < -0.39 is 0 Å². The number of carbonyl (C=O) groups excluding carboxylic acids is 1. The van der Waals surface area contributed by atoms with E-state index in [1.54, 1.807) is 0 Å². The van der Waals surface area contributed by atoms with Gasteiger partial charge in [-0.05, 0) is 55.9 Å². The molecule has 1 fully saturated rings. The van der Waals surface area contributed by atoms with Crippen molar-refractivity contribution >= 4 is 21.7 Å². The molecule has 0 bridgehead atoms. The zero-order valence-corrected chi connectivity index (χ0v) is 10.7. The third kappa shape index (κ3) is 2.49. The predicted molar refractivity (Wildman–Crippen MR) is 65.3 cm³/mol. The van der Waals surface area contributed by atoms with Gasteiger partial charge in [0.15, 0.2) is 5.78 Å². The Bertz CT molecular complexity index is 382. The lowest BCUT2D eigenvalue weighted by Crippen LogP contribution is -2.01. The second-order valence-electron chi connectivity index (χ2n) is 4.49. The highest BCUT2D eigenvalue weighted by atomic mass is 79.9. The van der Waals surface area contributed by atoms with E-state index in [0.29, 0.717) is 11.7 Å². The highest BCUT2D eigenvalue weighted by Gasteiger charge is 2.25. The zero-order valence-electron chi connectivity index (χ0n) is 9.14. The lowest BCUT2D eigenvalue weighted by Gasteiger charge is -2.06. The first-order chi connectivity index (χ1) is 7.08. The molecule has 0 amide bonds. The Kier molecular flexibility index (Phi) is 2.96. The Labute approximate surface area is 99.0 Å². The van der Waals surface area contributed by atoms with Crippen LogP contribution < -0.4 is 0 Å². The van der Waals surface area contributed by atoms with Gasteiger partial charge >= 0.3 is 0 Å². The van der Waals surface area contributed by atoms with Gasteiger partial charge in [0.2, 0.25) is 0 Å². The molecule has 1 saturated carbocycles. The summed E-state index contributed by atoms with van der Waals surface area (Å²) in [6.45, 7) is 4.07. The van der Waals surface area contributed by atoms with Crippen molar-refractivity contribution in [1.82, 2.24) is 0 Å². The van der Waals surface area contributed by atoms with Crippen LogP contribution in [0.25, 0.3) is 0 Å². The molecular formula is C13H15BrO. The molecule has 0 saturated heterocycles. The van der Waals surface area contributed by atoms with E-state index in [-0.39, 0.29) is 0 Å². The smallest absolute Gasteiger partial charge is 0.163 e. The van der Waals surface area contributed by atoms with Crippen LogP contribution in [0.4, 0.5) is 0 Å². The third-order valence-electron chi connectivity index (χ3n) is 2.93. The van der Waals surface area contributed by atoms with Crippen molar-refractivity contribution in [2.24, 2.45) is 5.92 Å². The summed E-state index contributed by atoms with van der Waals surface area (Å²) in [5.41, 5.74) is 3.17. The number of carbonyl (C=O) groups is 1. The highest BCUT2D eigenvalue weighted by Crippen LogP contribution is 2.34. The molecule has 0 atom stereocenters. The standard InChI is InChI=1S/C13H15BrO/c1-8-5-11(6-9(2)13(8)14)12(15)7-10-3-4-10/h5-6,10H,3-4,7H2,1-2H3. The van der Waals surface area contributed by atoms with Crippen molar-refractivity contribution in [1.29, 1.82) is 0 Å². The molecule has 0 radical (unpaired) electrons. The average molecular weight is 267 g/mol. The molecule has 1 aliphatic rings. The minimum Gasteiger partial charge on any atom is -0.294 e. The maximum atomic E-state index is 11.9. The summed E-state index contributed by atoms with van der Waals surface area (Å²) in [6, 6.07) is 3.98. The van der Waals surface area contributed by atoms with Gasteiger partial charge in [0.05, 0.1) is 0 Å². The van der Waals surface area contributed by atoms with Crippen molar-refractivity contribution in [2.45, 2.75) is 33.1 Å². The normalized spacial score (nSPS) is 15.4. The molecule has 1 aromatic carbocycles. The molecule has 0 N–H and O–H groups in total.